The maximum atomic E-state index is 11.7. The first-order valence-electron chi connectivity index (χ1n) is 5.04. The summed E-state index contributed by atoms with van der Waals surface area (Å²) in [5.74, 6) is -1.56. The normalized spacial score (nSPS) is 9.79. The maximum Gasteiger partial charge on any atom is 0.340 e. The van der Waals surface area contributed by atoms with Crippen molar-refractivity contribution in [2.24, 2.45) is 5.73 Å². The number of carbonyl (C=O) groups is 3. The van der Waals surface area contributed by atoms with Crippen LogP contribution in [0.4, 0.5) is 4.79 Å². The van der Waals surface area contributed by atoms with Gasteiger partial charge >= 0.3 is 12.0 Å². The van der Waals surface area contributed by atoms with Crippen molar-refractivity contribution in [2.75, 3.05) is 12.9 Å². The standard InChI is InChI=1S/C11H11ClN2O4S/c1-19-6-2-3-8(12)7(4-6)10(16)18-5-9(15)14-11(13)17/h2-4H,5H2,1H3,(H3,13,14,15,17). The monoisotopic (exact) mass is 302 g/mol. The fraction of sp³-hybridized carbons (Fsp3) is 0.182. The lowest BCUT2D eigenvalue weighted by Gasteiger charge is -2.07. The van der Waals surface area contributed by atoms with Gasteiger partial charge in [-0.3, -0.25) is 10.1 Å². The van der Waals surface area contributed by atoms with E-state index in [0.717, 1.165) is 4.90 Å². The Bertz CT molecular complexity index is 521. The van der Waals surface area contributed by atoms with Crippen LogP contribution in [0.1, 0.15) is 10.4 Å². The molecule has 0 saturated carbocycles. The van der Waals surface area contributed by atoms with Crippen molar-refractivity contribution in [1.82, 2.24) is 5.32 Å². The number of primary amides is 1. The summed E-state index contributed by atoms with van der Waals surface area (Å²) in [6.45, 7) is -0.610. The molecule has 1 aromatic carbocycles. The number of hydrogen-bond donors (Lipinski definition) is 2. The first kappa shape index (κ1) is 15.3. The lowest BCUT2D eigenvalue weighted by Crippen LogP contribution is -2.37. The third kappa shape index (κ3) is 4.80. The van der Waals surface area contributed by atoms with Crippen molar-refractivity contribution >= 4 is 41.3 Å². The predicted molar refractivity (Wildman–Crippen MR) is 71.2 cm³/mol. The van der Waals surface area contributed by atoms with Gasteiger partial charge in [0, 0.05) is 4.90 Å². The summed E-state index contributed by atoms with van der Waals surface area (Å²) in [7, 11) is 0. The highest BCUT2D eigenvalue weighted by Gasteiger charge is 2.15. The molecule has 0 unspecified atom stereocenters. The minimum atomic E-state index is -1.01. The minimum absolute atomic E-state index is 0.153. The zero-order chi connectivity index (χ0) is 14.4. The zero-order valence-corrected chi connectivity index (χ0v) is 11.5. The molecule has 0 aliphatic carbocycles. The highest BCUT2D eigenvalue weighted by atomic mass is 35.5. The van der Waals surface area contributed by atoms with E-state index < -0.39 is 24.5 Å². The van der Waals surface area contributed by atoms with Crippen LogP contribution >= 0.6 is 23.4 Å². The number of amides is 3. The number of urea groups is 1. The van der Waals surface area contributed by atoms with Gasteiger partial charge in [-0.15, -0.1) is 11.8 Å². The van der Waals surface area contributed by atoms with E-state index in [1.165, 1.54) is 11.8 Å². The van der Waals surface area contributed by atoms with Gasteiger partial charge in [0.1, 0.15) is 0 Å². The molecule has 0 spiro atoms. The average Bonchev–Trinajstić information content (AvgIpc) is 2.35. The Kier molecular flexibility index (Phi) is 5.65. The Morgan fingerprint density at radius 3 is 2.68 bits per heavy atom. The lowest BCUT2D eigenvalue weighted by atomic mass is 10.2. The van der Waals surface area contributed by atoms with Crippen molar-refractivity contribution < 1.29 is 19.1 Å². The van der Waals surface area contributed by atoms with Gasteiger partial charge in [0.25, 0.3) is 5.91 Å². The van der Waals surface area contributed by atoms with E-state index in [1.54, 1.807) is 23.5 Å². The number of rotatable bonds is 4. The van der Waals surface area contributed by atoms with E-state index in [1.807, 2.05) is 6.26 Å². The molecular weight excluding hydrogens is 292 g/mol. The second-order valence-corrected chi connectivity index (χ2v) is 4.62. The fourth-order valence-electron chi connectivity index (χ4n) is 1.17. The topological polar surface area (TPSA) is 98.5 Å². The van der Waals surface area contributed by atoms with E-state index in [2.05, 4.69) is 0 Å². The number of halogens is 1. The number of benzene rings is 1. The van der Waals surface area contributed by atoms with E-state index in [-0.39, 0.29) is 10.6 Å². The molecule has 1 aromatic rings. The molecule has 1 rings (SSSR count). The number of carbonyl (C=O) groups excluding carboxylic acids is 3. The van der Waals surface area contributed by atoms with Crippen LogP contribution in [-0.2, 0) is 9.53 Å². The molecule has 3 N–H and O–H groups in total. The smallest absolute Gasteiger partial charge is 0.340 e. The van der Waals surface area contributed by atoms with Crippen molar-refractivity contribution in [3.63, 3.8) is 0 Å². The Hall–Kier alpha value is -1.73. The summed E-state index contributed by atoms with van der Waals surface area (Å²) in [6, 6.07) is 3.86. The first-order valence-corrected chi connectivity index (χ1v) is 6.64. The van der Waals surface area contributed by atoms with E-state index in [9.17, 15) is 14.4 Å². The number of esters is 1. The minimum Gasteiger partial charge on any atom is -0.452 e. The predicted octanol–water partition coefficient (Wildman–Crippen LogP) is 1.41. The van der Waals surface area contributed by atoms with Crippen molar-refractivity contribution in [3.8, 4) is 0 Å². The third-order valence-corrected chi connectivity index (χ3v) is 3.05. The molecule has 0 fully saturated rings. The van der Waals surface area contributed by atoms with Gasteiger partial charge in [0.15, 0.2) is 6.61 Å². The van der Waals surface area contributed by atoms with Crippen LogP contribution in [0.3, 0.4) is 0 Å². The number of nitrogens with two attached hydrogens (primary N) is 1. The summed E-state index contributed by atoms with van der Waals surface area (Å²) in [5.41, 5.74) is 4.89. The van der Waals surface area contributed by atoms with E-state index in [0.29, 0.717) is 0 Å². The molecule has 0 aliphatic heterocycles. The molecule has 0 atom stereocenters. The molecular formula is C11H11ClN2O4S. The summed E-state index contributed by atoms with van der Waals surface area (Å²) < 4.78 is 4.72. The maximum absolute atomic E-state index is 11.7. The highest BCUT2D eigenvalue weighted by Crippen LogP contribution is 2.23. The van der Waals surface area contributed by atoms with Crippen LogP contribution in [0.15, 0.2) is 23.1 Å². The largest absolute Gasteiger partial charge is 0.452 e. The molecule has 102 valence electrons. The van der Waals surface area contributed by atoms with Crippen LogP contribution in [0.5, 0.6) is 0 Å². The summed E-state index contributed by atoms with van der Waals surface area (Å²) in [5, 5.41) is 1.99. The average molecular weight is 303 g/mol. The van der Waals surface area contributed by atoms with Gasteiger partial charge in [-0.1, -0.05) is 11.6 Å². The number of hydrogen-bond acceptors (Lipinski definition) is 5. The first-order chi connectivity index (χ1) is 8.93. The molecule has 0 aliphatic rings. The molecule has 0 aromatic heterocycles. The second kappa shape index (κ2) is 7.01. The zero-order valence-electron chi connectivity index (χ0n) is 9.94. The van der Waals surface area contributed by atoms with Crippen LogP contribution in [0.25, 0.3) is 0 Å². The van der Waals surface area contributed by atoms with Gasteiger partial charge in [0.2, 0.25) is 0 Å². The second-order valence-electron chi connectivity index (χ2n) is 3.33. The number of nitrogens with one attached hydrogen (secondary N) is 1. The number of thioether (sulfide) groups is 1. The molecule has 8 heteroatoms. The molecule has 3 amide bonds. The molecule has 0 heterocycles. The highest BCUT2D eigenvalue weighted by molar-refractivity contribution is 7.98. The Labute approximate surface area is 118 Å². The van der Waals surface area contributed by atoms with Crippen LogP contribution in [-0.4, -0.2) is 30.8 Å². The molecule has 6 nitrogen and oxygen atoms in total. The molecule has 19 heavy (non-hydrogen) atoms. The van der Waals surface area contributed by atoms with Crippen molar-refractivity contribution in [2.45, 2.75) is 4.90 Å². The summed E-state index contributed by atoms with van der Waals surface area (Å²) in [6.07, 6.45) is 1.85. The van der Waals surface area contributed by atoms with Gasteiger partial charge in [-0.05, 0) is 24.5 Å². The summed E-state index contributed by atoms with van der Waals surface area (Å²) in [4.78, 5) is 34.0. The van der Waals surface area contributed by atoms with Gasteiger partial charge in [-0.25, -0.2) is 9.59 Å². The van der Waals surface area contributed by atoms with Crippen molar-refractivity contribution in [3.05, 3.63) is 28.8 Å². The molecule has 0 bridgehead atoms. The molecule has 0 saturated heterocycles. The molecule has 0 radical (unpaired) electrons. The van der Waals surface area contributed by atoms with Crippen molar-refractivity contribution in [1.29, 1.82) is 0 Å². The summed E-state index contributed by atoms with van der Waals surface area (Å²) >= 11 is 7.30. The third-order valence-electron chi connectivity index (χ3n) is 1.99. The van der Waals surface area contributed by atoms with E-state index >= 15 is 0 Å². The van der Waals surface area contributed by atoms with E-state index in [4.69, 9.17) is 22.1 Å². The van der Waals surface area contributed by atoms with Gasteiger partial charge in [-0.2, -0.15) is 0 Å². The van der Waals surface area contributed by atoms with Crippen LogP contribution in [0.2, 0.25) is 5.02 Å². The van der Waals surface area contributed by atoms with Crippen LogP contribution < -0.4 is 11.1 Å². The Morgan fingerprint density at radius 1 is 1.42 bits per heavy atom. The lowest BCUT2D eigenvalue weighted by molar-refractivity contribution is -0.123. The number of ether oxygens (including phenoxy) is 1. The van der Waals surface area contributed by atoms with Gasteiger partial charge in [0.05, 0.1) is 10.6 Å². The Morgan fingerprint density at radius 2 is 2.11 bits per heavy atom. The SMILES string of the molecule is CSc1ccc(Cl)c(C(=O)OCC(=O)NC(N)=O)c1. The quantitative estimate of drug-likeness (QED) is 0.647. The van der Waals surface area contributed by atoms with Crippen LogP contribution in [0, 0.1) is 0 Å². The fourth-order valence-corrected chi connectivity index (χ4v) is 1.80. The van der Waals surface area contributed by atoms with Gasteiger partial charge < -0.3 is 10.5 Å². The Balaban J connectivity index is 2.68. The number of imide groups is 1.